The van der Waals surface area contributed by atoms with Gasteiger partial charge in [0.1, 0.15) is 0 Å². The molecule has 2 rings (SSSR count). The molecule has 0 aromatic heterocycles. The van der Waals surface area contributed by atoms with Crippen molar-refractivity contribution in [3.8, 4) is 0 Å². The summed E-state index contributed by atoms with van der Waals surface area (Å²) in [7, 11) is -2.07. The molecule has 0 atom stereocenters. The van der Waals surface area contributed by atoms with Crippen molar-refractivity contribution in [2.75, 3.05) is 12.9 Å². The van der Waals surface area contributed by atoms with Crippen LogP contribution in [-0.2, 0) is 21.0 Å². The fourth-order valence-corrected chi connectivity index (χ4v) is 3.92. The third kappa shape index (κ3) is 2.42. The van der Waals surface area contributed by atoms with Crippen LogP contribution in [0.25, 0.3) is 6.08 Å². The number of ether oxygens (including phenoxy) is 1. The average molecular weight is 280 g/mol. The van der Waals surface area contributed by atoms with Crippen molar-refractivity contribution in [3.63, 3.8) is 0 Å². The van der Waals surface area contributed by atoms with Gasteiger partial charge in [-0.2, -0.15) is 0 Å². The highest BCUT2D eigenvalue weighted by molar-refractivity contribution is 7.91. The number of hydrogen-bond donors (Lipinski definition) is 0. The van der Waals surface area contributed by atoms with E-state index in [4.69, 9.17) is 4.74 Å². The highest BCUT2D eigenvalue weighted by Crippen LogP contribution is 2.30. The van der Waals surface area contributed by atoms with Crippen LogP contribution in [0.1, 0.15) is 35.3 Å². The molecular weight excluding hydrogens is 264 g/mol. The molecule has 0 radical (unpaired) electrons. The molecule has 0 aliphatic carbocycles. The first-order chi connectivity index (χ1) is 8.89. The van der Waals surface area contributed by atoms with E-state index in [1.807, 2.05) is 13.0 Å². The maximum absolute atomic E-state index is 12.2. The Balaban J connectivity index is 2.74. The van der Waals surface area contributed by atoms with Gasteiger partial charge in [0.25, 0.3) is 0 Å². The van der Waals surface area contributed by atoms with Crippen LogP contribution < -0.4 is 0 Å². The van der Waals surface area contributed by atoms with Gasteiger partial charge in [-0.1, -0.05) is 18.6 Å². The van der Waals surface area contributed by atoms with Gasteiger partial charge in [-0.15, -0.1) is 0 Å². The predicted molar refractivity (Wildman–Crippen MR) is 72.9 cm³/mol. The van der Waals surface area contributed by atoms with Crippen molar-refractivity contribution < 1.29 is 17.9 Å². The molecule has 19 heavy (non-hydrogen) atoms. The Kier molecular flexibility index (Phi) is 3.49. The second-order valence-electron chi connectivity index (χ2n) is 4.64. The van der Waals surface area contributed by atoms with E-state index in [1.54, 1.807) is 13.0 Å². The predicted octanol–water partition coefficient (Wildman–Crippen LogP) is 2.23. The Labute approximate surface area is 113 Å². The van der Waals surface area contributed by atoms with Crippen LogP contribution in [0.4, 0.5) is 0 Å². The van der Waals surface area contributed by atoms with Gasteiger partial charge in [0.15, 0.2) is 9.84 Å². The smallest absolute Gasteiger partial charge is 0.338 e. The van der Waals surface area contributed by atoms with Crippen LogP contribution in [0, 0.1) is 0 Å². The Morgan fingerprint density at radius 2 is 2.05 bits per heavy atom. The van der Waals surface area contributed by atoms with Crippen molar-refractivity contribution in [3.05, 3.63) is 34.4 Å². The maximum atomic E-state index is 12.2. The number of sulfone groups is 1. The fourth-order valence-electron chi connectivity index (χ4n) is 2.30. The van der Waals surface area contributed by atoms with E-state index in [1.165, 1.54) is 13.2 Å². The number of hydrogen-bond acceptors (Lipinski definition) is 4. The minimum Gasteiger partial charge on any atom is -0.465 e. The Morgan fingerprint density at radius 1 is 1.37 bits per heavy atom. The molecule has 0 spiro atoms. The van der Waals surface area contributed by atoms with Crippen molar-refractivity contribution in [2.45, 2.75) is 25.2 Å². The van der Waals surface area contributed by atoms with Gasteiger partial charge in [0.2, 0.25) is 0 Å². The zero-order valence-electron chi connectivity index (χ0n) is 11.2. The summed E-state index contributed by atoms with van der Waals surface area (Å²) in [6.45, 7) is 3.71. The van der Waals surface area contributed by atoms with E-state index in [9.17, 15) is 13.2 Å². The lowest BCUT2D eigenvalue weighted by molar-refractivity contribution is 0.0599. The van der Waals surface area contributed by atoms with Gasteiger partial charge >= 0.3 is 5.97 Å². The van der Waals surface area contributed by atoms with Gasteiger partial charge < -0.3 is 4.74 Å². The van der Waals surface area contributed by atoms with Crippen LogP contribution >= 0.6 is 0 Å². The quantitative estimate of drug-likeness (QED) is 0.779. The molecule has 1 aliphatic rings. The second-order valence-corrected chi connectivity index (χ2v) is 6.60. The first-order valence-electron chi connectivity index (χ1n) is 6.04. The van der Waals surface area contributed by atoms with Crippen LogP contribution in [0.5, 0.6) is 0 Å². The molecule has 4 nitrogen and oxygen atoms in total. The summed E-state index contributed by atoms with van der Waals surface area (Å²) >= 11 is 0. The third-order valence-electron chi connectivity index (χ3n) is 3.18. The highest BCUT2D eigenvalue weighted by Gasteiger charge is 2.26. The molecule has 102 valence electrons. The first-order valence-corrected chi connectivity index (χ1v) is 7.69. The van der Waals surface area contributed by atoms with E-state index < -0.39 is 15.8 Å². The van der Waals surface area contributed by atoms with Crippen molar-refractivity contribution in [2.24, 2.45) is 0 Å². The molecule has 0 bridgehead atoms. The number of methoxy groups -OCH3 is 1. The Morgan fingerprint density at radius 3 is 2.63 bits per heavy atom. The Bertz CT molecular complexity index is 669. The van der Waals surface area contributed by atoms with Gasteiger partial charge in [0, 0.05) is 0 Å². The zero-order valence-corrected chi connectivity index (χ0v) is 12.0. The Hall–Kier alpha value is -1.62. The SMILES string of the molecule is CCc1cc2c(cc1C(=O)OC)S(=O)(=O)CC(C)=C2. The summed E-state index contributed by atoms with van der Waals surface area (Å²) in [6.07, 6.45) is 2.50. The molecule has 1 aromatic carbocycles. The lowest BCUT2D eigenvalue weighted by Crippen LogP contribution is -2.16. The molecular formula is C14H16O4S. The minimum absolute atomic E-state index is 0.00604. The summed E-state index contributed by atoms with van der Waals surface area (Å²) in [5.74, 6) is -0.493. The van der Waals surface area contributed by atoms with E-state index >= 15 is 0 Å². The van der Waals surface area contributed by atoms with Gasteiger partial charge in [-0.05, 0) is 36.6 Å². The van der Waals surface area contributed by atoms with E-state index in [-0.39, 0.29) is 10.6 Å². The van der Waals surface area contributed by atoms with Gasteiger partial charge in [0.05, 0.1) is 23.3 Å². The maximum Gasteiger partial charge on any atom is 0.338 e. The summed E-state index contributed by atoms with van der Waals surface area (Å²) in [6, 6.07) is 3.21. The largest absolute Gasteiger partial charge is 0.465 e. The molecule has 0 N–H and O–H groups in total. The monoisotopic (exact) mass is 280 g/mol. The number of fused-ring (bicyclic) bond motifs is 1. The topological polar surface area (TPSA) is 60.4 Å². The molecule has 1 aliphatic heterocycles. The van der Waals surface area contributed by atoms with E-state index in [0.29, 0.717) is 17.5 Å². The summed E-state index contributed by atoms with van der Waals surface area (Å²) < 4.78 is 29.0. The summed E-state index contributed by atoms with van der Waals surface area (Å²) in [5, 5.41) is 0. The first kappa shape index (κ1) is 13.8. The molecule has 0 fully saturated rings. The third-order valence-corrected chi connectivity index (χ3v) is 5.04. The number of aryl methyl sites for hydroxylation is 1. The summed E-state index contributed by atoms with van der Waals surface area (Å²) in [5.41, 5.74) is 2.60. The average Bonchev–Trinajstić information content (AvgIpc) is 2.35. The van der Waals surface area contributed by atoms with E-state index in [0.717, 1.165) is 11.1 Å². The van der Waals surface area contributed by atoms with E-state index in [2.05, 4.69) is 0 Å². The molecule has 0 saturated heterocycles. The highest BCUT2D eigenvalue weighted by atomic mass is 32.2. The molecule has 5 heteroatoms. The lowest BCUT2D eigenvalue weighted by atomic mass is 10.0. The number of benzene rings is 1. The molecule has 0 unspecified atom stereocenters. The number of rotatable bonds is 2. The zero-order chi connectivity index (χ0) is 14.2. The molecule has 1 aromatic rings. The lowest BCUT2D eigenvalue weighted by Gasteiger charge is -2.17. The van der Waals surface area contributed by atoms with Crippen LogP contribution in [0.15, 0.2) is 22.6 Å². The van der Waals surface area contributed by atoms with Crippen molar-refractivity contribution >= 4 is 21.9 Å². The van der Waals surface area contributed by atoms with Crippen LogP contribution in [-0.4, -0.2) is 27.2 Å². The standard InChI is InChI=1S/C14H16O4S/c1-4-10-6-11-5-9(2)8-19(16,17)13(11)7-12(10)14(15)18-3/h5-7H,4,8H2,1-3H3. The minimum atomic E-state index is -3.36. The van der Waals surface area contributed by atoms with Crippen LogP contribution in [0.2, 0.25) is 0 Å². The van der Waals surface area contributed by atoms with Crippen LogP contribution in [0.3, 0.4) is 0 Å². The number of carbonyl (C=O) groups is 1. The van der Waals surface area contributed by atoms with Gasteiger partial charge in [-0.25, -0.2) is 13.2 Å². The summed E-state index contributed by atoms with van der Waals surface area (Å²) in [4.78, 5) is 11.9. The second kappa shape index (κ2) is 4.81. The van der Waals surface area contributed by atoms with Gasteiger partial charge in [-0.3, -0.25) is 0 Å². The molecule has 0 amide bonds. The van der Waals surface area contributed by atoms with Crippen molar-refractivity contribution in [1.29, 1.82) is 0 Å². The molecule has 0 saturated carbocycles. The normalized spacial score (nSPS) is 16.5. The fraction of sp³-hybridized carbons (Fsp3) is 0.357. The van der Waals surface area contributed by atoms with Crippen molar-refractivity contribution in [1.82, 2.24) is 0 Å². The number of carbonyl (C=O) groups excluding carboxylic acids is 1. The molecule has 1 heterocycles. The number of esters is 1.